The lowest BCUT2D eigenvalue weighted by Crippen LogP contribution is -2.01. The highest BCUT2D eigenvalue weighted by atomic mass is 35.5. The minimum Gasteiger partial charge on any atom is -0.505 e. The molecule has 38 heavy (non-hydrogen) atoms. The van der Waals surface area contributed by atoms with Crippen molar-refractivity contribution in [3.63, 3.8) is 0 Å². The molecule has 6 aromatic rings. The van der Waals surface area contributed by atoms with E-state index in [9.17, 15) is 15.3 Å². The molecule has 0 unspecified atom stereocenters. The smallest absolute Gasteiger partial charge is 0.148 e. The number of hydrogen-bond acceptors (Lipinski definition) is 7. The Morgan fingerprint density at radius 3 is 1.37 bits per heavy atom. The van der Waals surface area contributed by atoms with Crippen LogP contribution in [0.3, 0.4) is 0 Å². The van der Waals surface area contributed by atoms with Crippen molar-refractivity contribution in [2.24, 2.45) is 0 Å². The van der Waals surface area contributed by atoms with Crippen LogP contribution in [0, 0.1) is 13.8 Å². The minimum absolute atomic E-state index is 0.00778. The zero-order valence-corrected chi connectivity index (χ0v) is 21.5. The van der Waals surface area contributed by atoms with E-state index in [2.05, 4.69) is 20.4 Å². The van der Waals surface area contributed by atoms with Crippen molar-refractivity contribution < 1.29 is 15.3 Å². The summed E-state index contributed by atoms with van der Waals surface area (Å²) in [5.74, 6) is 0.385. The van der Waals surface area contributed by atoms with Gasteiger partial charge in [0.15, 0.2) is 0 Å². The molecular formula is C28H25ClN6O3. The molecular weight excluding hydrogens is 504 g/mol. The lowest BCUT2D eigenvalue weighted by molar-refractivity contribution is 0.275. The van der Waals surface area contributed by atoms with Gasteiger partial charge < -0.3 is 15.3 Å². The van der Waals surface area contributed by atoms with Gasteiger partial charge in [-0.25, -0.2) is 0 Å². The second-order valence-corrected chi connectivity index (χ2v) is 9.10. The summed E-state index contributed by atoms with van der Waals surface area (Å²) in [7, 11) is 0. The fourth-order valence-corrected chi connectivity index (χ4v) is 4.33. The van der Waals surface area contributed by atoms with Crippen LogP contribution in [0.25, 0.3) is 33.4 Å². The first kappa shape index (κ1) is 25.2. The van der Waals surface area contributed by atoms with Crippen molar-refractivity contribution in [2.45, 2.75) is 26.3 Å². The third-order valence-corrected chi connectivity index (χ3v) is 6.23. The number of aliphatic hydroxyl groups is 1. The molecule has 9 nitrogen and oxygen atoms in total. The molecule has 4 aromatic carbocycles. The number of fused-ring (bicyclic) bond motifs is 2. The number of nitrogens with zero attached hydrogens (tertiary/aromatic N) is 6. The second-order valence-electron chi connectivity index (χ2n) is 8.83. The highest BCUT2D eigenvalue weighted by Gasteiger charge is 2.14. The van der Waals surface area contributed by atoms with Gasteiger partial charge >= 0.3 is 0 Å². The molecule has 0 saturated carbocycles. The molecule has 0 radical (unpaired) electrons. The number of hydrogen-bond donors (Lipinski definition) is 3. The average molecular weight is 529 g/mol. The van der Waals surface area contributed by atoms with Gasteiger partial charge in [-0.3, -0.25) is 0 Å². The molecule has 0 atom stereocenters. The molecule has 2 heterocycles. The lowest BCUT2D eigenvalue weighted by Gasteiger charge is -2.08. The molecule has 192 valence electrons. The first-order chi connectivity index (χ1) is 18.4. The predicted molar refractivity (Wildman–Crippen MR) is 146 cm³/mol. The number of halogens is 1. The lowest BCUT2D eigenvalue weighted by atomic mass is 10.1. The van der Waals surface area contributed by atoms with Gasteiger partial charge in [-0.1, -0.05) is 30.3 Å². The number of rotatable bonds is 4. The fourth-order valence-electron chi connectivity index (χ4n) is 4.13. The molecule has 10 heteroatoms. The van der Waals surface area contributed by atoms with Gasteiger partial charge in [0.2, 0.25) is 0 Å². The van der Waals surface area contributed by atoms with Gasteiger partial charge in [0.25, 0.3) is 0 Å². The maximum atomic E-state index is 10.2. The van der Waals surface area contributed by atoms with Crippen LogP contribution in [0.5, 0.6) is 11.5 Å². The van der Waals surface area contributed by atoms with E-state index < -0.39 is 0 Å². The normalized spacial score (nSPS) is 11.1. The number of aliphatic hydroxyl groups excluding tert-OH is 1. The SMILES string of the molecule is Cc1cc(CCl)c(O)c(-n2nc3ccccc3n2)c1.Cc1cc(CO)c(O)c(-n2nc3ccccc3n2)c1. The van der Waals surface area contributed by atoms with Crippen molar-refractivity contribution in [3.05, 3.63) is 95.1 Å². The quantitative estimate of drug-likeness (QED) is 0.272. The van der Waals surface area contributed by atoms with Crippen molar-refractivity contribution in [1.82, 2.24) is 30.0 Å². The Balaban J connectivity index is 0.000000155. The summed E-state index contributed by atoms with van der Waals surface area (Å²) in [4.78, 5) is 2.84. The highest BCUT2D eigenvalue weighted by molar-refractivity contribution is 6.17. The zero-order valence-electron chi connectivity index (χ0n) is 20.7. The standard InChI is InChI=1S/C14H12ClN3O.C14H13N3O2/c1-9-6-10(8-15)14(19)13(7-9)18-16-11-4-2-3-5-12(11)17-18;1-9-6-10(8-18)14(19)13(7-9)17-15-11-4-2-3-5-12(11)16-17/h2-7,19H,8H2,1H3;2-7,18-19H,8H2,1H3. The summed E-state index contributed by atoms with van der Waals surface area (Å²) in [5, 5.41) is 47.0. The summed E-state index contributed by atoms with van der Waals surface area (Å²) >= 11 is 5.83. The van der Waals surface area contributed by atoms with Gasteiger partial charge in [-0.15, -0.1) is 41.6 Å². The van der Waals surface area contributed by atoms with E-state index in [1.807, 2.05) is 74.5 Å². The number of benzene rings is 4. The van der Waals surface area contributed by atoms with Crippen LogP contribution in [-0.4, -0.2) is 45.3 Å². The molecule has 0 aliphatic rings. The van der Waals surface area contributed by atoms with E-state index in [0.717, 1.165) is 33.2 Å². The van der Waals surface area contributed by atoms with Gasteiger partial charge in [0, 0.05) is 11.1 Å². The van der Waals surface area contributed by atoms with Crippen molar-refractivity contribution in [2.75, 3.05) is 0 Å². The molecule has 0 bridgehead atoms. The Labute approximate surface area is 223 Å². The highest BCUT2D eigenvalue weighted by Crippen LogP contribution is 2.29. The molecule has 0 aliphatic carbocycles. The molecule has 0 aliphatic heterocycles. The summed E-state index contributed by atoms with van der Waals surface area (Å²) in [5.41, 5.74) is 7.19. The largest absolute Gasteiger partial charge is 0.505 e. The van der Waals surface area contributed by atoms with E-state index in [1.165, 1.54) is 9.59 Å². The maximum absolute atomic E-state index is 10.2. The van der Waals surface area contributed by atoms with Gasteiger partial charge in [-0.2, -0.15) is 0 Å². The van der Waals surface area contributed by atoms with Crippen LogP contribution in [0.1, 0.15) is 22.3 Å². The summed E-state index contributed by atoms with van der Waals surface area (Å²) in [6.07, 6.45) is 0. The number of phenols is 2. The Hall–Kier alpha value is -4.47. The Kier molecular flexibility index (Phi) is 6.95. The van der Waals surface area contributed by atoms with Crippen LogP contribution in [0.4, 0.5) is 0 Å². The first-order valence-electron chi connectivity index (χ1n) is 11.8. The third kappa shape index (κ3) is 4.89. The molecule has 2 aromatic heterocycles. The Morgan fingerprint density at radius 2 is 1.00 bits per heavy atom. The first-order valence-corrected chi connectivity index (χ1v) is 12.4. The molecule has 3 N–H and O–H groups in total. The monoisotopic (exact) mass is 528 g/mol. The number of alkyl halides is 1. The average Bonchev–Trinajstić information content (AvgIpc) is 3.55. The zero-order chi connectivity index (χ0) is 26.8. The van der Waals surface area contributed by atoms with Crippen LogP contribution in [0.15, 0.2) is 72.8 Å². The number of aromatic nitrogens is 6. The number of aromatic hydroxyl groups is 2. The van der Waals surface area contributed by atoms with Gasteiger partial charge in [0.05, 0.1) is 12.5 Å². The molecule has 0 saturated heterocycles. The van der Waals surface area contributed by atoms with Crippen molar-refractivity contribution in [1.29, 1.82) is 0 Å². The Morgan fingerprint density at radius 1 is 0.632 bits per heavy atom. The van der Waals surface area contributed by atoms with E-state index in [-0.39, 0.29) is 24.0 Å². The van der Waals surface area contributed by atoms with E-state index in [0.29, 0.717) is 22.5 Å². The van der Waals surface area contributed by atoms with Crippen LogP contribution in [0.2, 0.25) is 0 Å². The van der Waals surface area contributed by atoms with Crippen molar-refractivity contribution >= 4 is 33.7 Å². The van der Waals surface area contributed by atoms with Crippen LogP contribution < -0.4 is 0 Å². The number of aryl methyl sites for hydroxylation is 2. The van der Waals surface area contributed by atoms with E-state index in [4.69, 9.17) is 11.6 Å². The molecule has 0 amide bonds. The Bertz CT molecular complexity index is 1570. The summed E-state index contributed by atoms with van der Waals surface area (Å²) < 4.78 is 0. The summed E-state index contributed by atoms with van der Waals surface area (Å²) in [6, 6.07) is 22.3. The summed E-state index contributed by atoms with van der Waals surface area (Å²) in [6.45, 7) is 3.62. The van der Waals surface area contributed by atoms with Gasteiger partial charge in [-0.05, 0) is 67.4 Å². The maximum Gasteiger partial charge on any atom is 0.148 e. The third-order valence-electron chi connectivity index (χ3n) is 5.94. The number of phenolic OH excluding ortho intramolecular Hbond substituents is 1. The van der Waals surface area contributed by atoms with Gasteiger partial charge in [0.1, 0.15) is 44.9 Å². The topological polar surface area (TPSA) is 122 Å². The van der Waals surface area contributed by atoms with E-state index in [1.54, 1.807) is 12.1 Å². The minimum atomic E-state index is -0.221. The molecule has 0 fully saturated rings. The fraction of sp³-hybridized carbons (Fsp3) is 0.143. The molecule has 0 spiro atoms. The molecule has 6 rings (SSSR count). The van der Waals surface area contributed by atoms with Crippen LogP contribution in [-0.2, 0) is 12.5 Å². The van der Waals surface area contributed by atoms with Crippen molar-refractivity contribution in [3.8, 4) is 22.9 Å². The van der Waals surface area contributed by atoms with E-state index >= 15 is 0 Å². The second kappa shape index (κ2) is 10.5. The predicted octanol–water partition coefficient (Wildman–Crippen LogP) is 5.10. The van der Waals surface area contributed by atoms with Crippen LogP contribution >= 0.6 is 11.6 Å².